The van der Waals surface area contributed by atoms with Crippen LogP contribution in [-0.4, -0.2) is 36.2 Å². The van der Waals surface area contributed by atoms with Crippen LogP contribution in [0.15, 0.2) is 30.3 Å². The molecule has 0 atom stereocenters. The van der Waals surface area contributed by atoms with E-state index in [0.717, 1.165) is 50.0 Å². The number of piperidine rings is 1. The number of amides is 2. The molecule has 1 saturated heterocycles. The number of rotatable bonds is 5. The summed E-state index contributed by atoms with van der Waals surface area (Å²) in [6.07, 6.45) is 8.10. The lowest BCUT2D eigenvalue weighted by Gasteiger charge is -2.36. The maximum Gasteiger partial charge on any atom is 0.267 e. The first-order chi connectivity index (χ1) is 12.2. The second-order valence-electron chi connectivity index (χ2n) is 6.77. The molecule has 6 heteroatoms. The number of nitrogens with one attached hydrogen (secondary N) is 2. The van der Waals surface area contributed by atoms with Crippen LogP contribution in [0.2, 0.25) is 0 Å². The van der Waals surface area contributed by atoms with E-state index in [-0.39, 0.29) is 17.9 Å². The fourth-order valence-corrected chi connectivity index (χ4v) is 3.37. The summed E-state index contributed by atoms with van der Waals surface area (Å²) in [6, 6.07) is 8.13. The average Bonchev–Trinajstić information content (AvgIpc) is 2.59. The van der Waals surface area contributed by atoms with E-state index in [1.807, 2.05) is 24.3 Å². The van der Waals surface area contributed by atoms with Gasteiger partial charge in [-0.3, -0.25) is 14.8 Å². The topological polar surface area (TPSA) is 81.7 Å². The molecule has 2 aliphatic rings. The first-order valence-corrected chi connectivity index (χ1v) is 8.94. The summed E-state index contributed by atoms with van der Waals surface area (Å²) in [5.41, 5.74) is 3.59. The van der Waals surface area contributed by atoms with Gasteiger partial charge in [0.05, 0.1) is 0 Å². The molecule has 3 rings (SSSR count). The molecule has 0 spiro atoms. The summed E-state index contributed by atoms with van der Waals surface area (Å²) < 4.78 is 0. The van der Waals surface area contributed by atoms with Gasteiger partial charge < -0.3 is 10.2 Å². The van der Waals surface area contributed by atoms with Gasteiger partial charge in [-0.15, -0.1) is 0 Å². The molecule has 1 heterocycles. The van der Waals surface area contributed by atoms with Crippen molar-refractivity contribution in [3.8, 4) is 0 Å². The molecule has 1 aromatic rings. The molecule has 1 aromatic carbocycles. The Morgan fingerprint density at radius 3 is 2.48 bits per heavy atom. The van der Waals surface area contributed by atoms with Crippen LogP contribution < -0.4 is 15.7 Å². The third-order valence-corrected chi connectivity index (χ3v) is 5.12. The van der Waals surface area contributed by atoms with E-state index in [2.05, 4.69) is 10.2 Å². The molecule has 2 fully saturated rings. The molecule has 2 amide bonds. The maximum atomic E-state index is 12.1. The van der Waals surface area contributed by atoms with E-state index in [0.29, 0.717) is 0 Å². The van der Waals surface area contributed by atoms with Gasteiger partial charge >= 0.3 is 0 Å². The highest BCUT2D eigenvalue weighted by Gasteiger charge is 2.28. The number of benzene rings is 1. The molecule has 0 radical (unpaired) electrons. The molecule has 1 saturated carbocycles. The minimum Gasteiger partial charge on any atom is -0.371 e. The largest absolute Gasteiger partial charge is 0.371 e. The molecular formula is C19H25N3O3. The van der Waals surface area contributed by atoms with Gasteiger partial charge in [0, 0.05) is 36.8 Å². The SMILES string of the molecule is O=C(C=Cc1ccccc1N1CCC(NC(=O)C2CCC2)CC1)NO. The summed E-state index contributed by atoms with van der Waals surface area (Å²) >= 11 is 0. The third kappa shape index (κ3) is 4.39. The van der Waals surface area contributed by atoms with Crippen molar-refractivity contribution in [3.05, 3.63) is 35.9 Å². The van der Waals surface area contributed by atoms with Crippen LogP contribution in [0.3, 0.4) is 0 Å². The van der Waals surface area contributed by atoms with Crippen molar-refractivity contribution in [1.29, 1.82) is 0 Å². The molecule has 0 aromatic heterocycles. The number of hydroxylamine groups is 1. The molecule has 25 heavy (non-hydrogen) atoms. The highest BCUT2D eigenvalue weighted by Crippen LogP contribution is 2.28. The van der Waals surface area contributed by atoms with E-state index in [1.165, 1.54) is 12.5 Å². The minimum absolute atomic E-state index is 0.225. The average molecular weight is 343 g/mol. The first kappa shape index (κ1) is 17.5. The fourth-order valence-electron chi connectivity index (χ4n) is 3.37. The van der Waals surface area contributed by atoms with E-state index in [9.17, 15) is 9.59 Å². The van der Waals surface area contributed by atoms with Crippen LogP contribution in [0.5, 0.6) is 0 Å². The quantitative estimate of drug-likeness (QED) is 0.434. The van der Waals surface area contributed by atoms with Crippen molar-refractivity contribution in [2.24, 2.45) is 5.92 Å². The Kier molecular flexibility index (Phi) is 5.71. The van der Waals surface area contributed by atoms with Crippen molar-refractivity contribution >= 4 is 23.6 Å². The van der Waals surface area contributed by atoms with Crippen LogP contribution in [0, 0.1) is 5.92 Å². The lowest BCUT2D eigenvalue weighted by Crippen LogP contribution is -2.47. The van der Waals surface area contributed by atoms with Crippen molar-refractivity contribution in [3.63, 3.8) is 0 Å². The highest BCUT2D eigenvalue weighted by atomic mass is 16.5. The van der Waals surface area contributed by atoms with Gasteiger partial charge in [-0.05, 0) is 43.4 Å². The molecule has 134 valence electrons. The van der Waals surface area contributed by atoms with Crippen LogP contribution in [0.4, 0.5) is 5.69 Å². The molecule has 0 bridgehead atoms. The molecule has 1 aliphatic heterocycles. The maximum absolute atomic E-state index is 12.1. The Balaban J connectivity index is 1.58. The Hall–Kier alpha value is -2.34. The van der Waals surface area contributed by atoms with Gasteiger partial charge in [-0.2, -0.15) is 0 Å². The minimum atomic E-state index is -0.549. The standard InChI is InChI=1S/C19H25N3O3/c23-18(21-25)9-8-14-4-1-2-7-17(14)22-12-10-16(11-13-22)20-19(24)15-5-3-6-15/h1-2,4,7-9,15-16,25H,3,5-6,10-13H2,(H,20,24)(H,21,23). The number of anilines is 1. The summed E-state index contributed by atoms with van der Waals surface area (Å²) in [5, 5.41) is 11.8. The number of carbonyl (C=O) groups excluding carboxylic acids is 2. The van der Waals surface area contributed by atoms with Crippen molar-refractivity contribution in [1.82, 2.24) is 10.8 Å². The molecule has 3 N–H and O–H groups in total. The van der Waals surface area contributed by atoms with Crippen LogP contribution in [0.1, 0.15) is 37.7 Å². The van der Waals surface area contributed by atoms with Crippen molar-refractivity contribution < 1.29 is 14.8 Å². The third-order valence-electron chi connectivity index (χ3n) is 5.12. The summed E-state index contributed by atoms with van der Waals surface area (Å²) in [7, 11) is 0. The van der Waals surface area contributed by atoms with Crippen molar-refractivity contribution in [2.45, 2.75) is 38.1 Å². The van der Waals surface area contributed by atoms with E-state index in [4.69, 9.17) is 5.21 Å². The zero-order chi connectivity index (χ0) is 17.6. The second kappa shape index (κ2) is 8.16. The second-order valence-corrected chi connectivity index (χ2v) is 6.77. The van der Waals surface area contributed by atoms with Crippen LogP contribution >= 0.6 is 0 Å². The predicted molar refractivity (Wildman–Crippen MR) is 96.1 cm³/mol. The predicted octanol–water partition coefficient (Wildman–Crippen LogP) is 2.09. The molecular weight excluding hydrogens is 318 g/mol. The van der Waals surface area contributed by atoms with Gasteiger partial charge in [-0.1, -0.05) is 24.6 Å². The first-order valence-electron chi connectivity index (χ1n) is 8.94. The lowest BCUT2D eigenvalue weighted by atomic mass is 9.84. The number of carbonyl (C=O) groups is 2. The van der Waals surface area contributed by atoms with Gasteiger partial charge in [0.25, 0.3) is 5.91 Å². The van der Waals surface area contributed by atoms with Gasteiger partial charge in [0.15, 0.2) is 0 Å². The number of nitrogens with zero attached hydrogens (tertiary/aromatic N) is 1. The van der Waals surface area contributed by atoms with Crippen molar-refractivity contribution in [2.75, 3.05) is 18.0 Å². The van der Waals surface area contributed by atoms with Crippen LogP contribution in [0.25, 0.3) is 6.08 Å². The Morgan fingerprint density at radius 1 is 1.12 bits per heavy atom. The Morgan fingerprint density at radius 2 is 1.84 bits per heavy atom. The van der Waals surface area contributed by atoms with E-state index in [1.54, 1.807) is 11.6 Å². The smallest absolute Gasteiger partial charge is 0.267 e. The number of para-hydroxylation sites is 1. The summed E-state index contributed by atoms with van der Waals surface area (Å²) in [4.78, 5) is 25.6. The van der Waals surface area contributed by atoms with Gasteiger partial charge in [-0.25, -0.2) is 5.48 Å². The lowest BCUT2D eigenvalue weighted by molar-refractivity contribution is -0.128. The van der Waals surface area contributed by atoms with Crippen LogP contribution in [-0.2, 0) is 9.59 Å². The monoisotopic (exact) mass is 343 g/mol. The van der Waals surface area contributed by atoms with E-state index < -0.39 is 5.91 Å². The van der Waals surface area contributed by atoms with Gasteiger partial charge in [0.2, 0.25) is 5.91 Å². The Bertz CT molecular complexity index is 647. The number of hydrogen-bond acceptors (Lipinski definition) is 4. The molecule has 6 nitrogen and oxygen atoms in total. The summed E-state index contributed by atoms with van der Waals surface area (Å²) in [6.45, 7) is 1.74. The summed E-state index contributed by atoms with van der Waals surface area (Å²) in [5.74, 6) is -0.0863. The van der Waals surface area contributed by atoms with Gasteiger partial charge in [0.1, 0.15) is 0 Å². The molecule has 0 unspecified atom stereocenters. The zero-order valence-corrected chi connectivity index (χ0v) is 14.3. The Labute approximate surface area is 147 Å². The number of hydrogen-bond donors (Lipinski definition) is 3. The van der Waals surface area contributed by atoms with E-state index >= 15 is 0 Å². The fraction of sp³-hybridized carbons (Fsp3) is 0.474. The normalized spacial score (nSPS) is 18.8. The highest BCUT2D eigenvalue weighted by molar-refractivity contribution is 5.91. The molecule has 1 aliphatic carbocycles. The zero-order valence-electron chi connectivity index (χ0n) is 14.3.